The lowest BCUT2D eigenvalue weighted by Crippen LogP contribution is -2.44. The van der Waals surface area contributed by atoms with E-state index in [1.807, 2.05) is 6.07 Å². The molecule has 0 spiro atoms. The van der Waals surface area contributed by atoms with Gasteiger partial charge in [-0.25, -0.2) is 0 Å². The standard InChI is InChI=1S/C16H23NO/c1-11-9-12(2)17(10-11)15-8-7-13-5-3-4-6-14(13)16(15)18/h3-6,11-12,15-16,18H,7-10H2,1-2H3. The Balaban J connectivity index is 1.84. The average molecular weight is 245 g/mol. The van der Waals surface area contributed by atoms with E-state index in [0.29, 0.717) is 12.1 Å². The van der Waals surface area contributed by atoms with Crippen LogP contribution in [0, 0.1) is 5.92 Å². The Kier molecular flexibility index (Phi) is 3.16. The van der Waals surface area contributed by atoms with E-state index in [1.165, 1.54) is 12.0 Å². The van der Waals surface area contributed by atoms with Crippen molar-refractivity contribution in [2.24, 2.45) is 5.92 Å². The van der Waals surface area contributed by atoms with Gasteiger partial charge in [-0.3, -0.25) is 4.90 Å². The van der Waals surface area contributed by atoms with Gasteiger partial charge in [-0.05, 0) is 43.2 Å². The van der Waals surface area contributed by atoms with E-state index in [-0.39, 0.29) is 6.10 Å². The molecule has 1 N–H and O–H groups in total. The Morgan fingerprint density at radius 3 is 2.72 bits per heavy atom. The van der Waals surface area contributed by atoms with Gasteiger partial charge in [0, 0.05) is 18.6 Å². The Morgan fingerprint density at radius 1 is 1.22 bits per heavy atom. The van der Waals surface area contributed by atoms with E-state index < -0.39 is 0 Å². The SMILES string of the molecule is CC1CC(C)N(C2CCc3ccccc3C2O)C1. The quantitative estimate of drug-likeness (QED) is 0.822. The van der Waals surface area contributed by atoms with Crippen LogP contribution in [0.2, 0.25) is 0 Å². The number of hydrogen-bond donors (Lipinski definition) is 1. The van der Waals surface area contributed by atoms with Crippen LogP contribution in [0.5, 0.6) is 0 Å². The number of rotatable bonds is 1. The van der Waals surface area contributed by atoms with Crippen LogP contribution >= 0.6 is 0 Å². The van der Waals surface area contributed by atoms with Gasteiger partial charge < -0.3 is 5.11 Å². The summed E-state index contributed by atoms with van der Waals surface area (Å²) in [6.07, 6.45) is 3.16. The maximum absolute atomic E-state index is 10.6. The first-order valence-corrected chi connectivity index (χ1v) is 7.18. The molecule has 0 aromatic heterocycles. The second-order valence-electron chi connectivity index (χ2n) is 6.14. The third-order valence-electron chi connectivity index (χ3n) is 4.71. The van der Waals surface area contributed by atoms with Crippen molar-refractivity contribution >= 4 is 0 Å². The number of likely N-dealkylation sites (tertiary alicyclic amines) is 1. The molecule has 1 aromatic carbocycles. The highest BCUT2D eigenvalue weighted by molar-refractivity contribution is 5.32. The predicted octanol–water partition coefficient (Wildman–Crippen LogP) is 2.77. The predicted molar refractivity (Wildman–Crippen MR) is 73.5 cm³/mol. The third-order valence-corrected chi connectivity index (χ3v) is 4.71. The van der Waals surface area contributed by atoms with Gasteiger partial charge in [0.25, 0.3) is 0 Å². The highest BCUT2D eigenvalue weighted by Gasteiger charge is 2.38. The monoisotopic (exact) mass is 245 g/mol. The minimum Gasteiger partial charge on any atom is -0.387 e. The van der Waals surface area contributed by atoms with Crippen LogP contribution in [0.1, 0.15) is 43.9 Å². The van der Waals surface area contributed by atoms with Crippen LogP contribution in [-0.4, -0.2) is 28.6 Å². The maximum Gasteiger partial charge on any atom is 0.0948 e. The second-order valence-corrected chi connectivity index (χ2v) is 6.14. The summed E-state index contributed by atoms with van der Waals surface area (Å²) in [7, 11) is 0. The molecule has 2 aliphatic rings. The summed E-state index contributed by atoms with van der Waals surface area (Å²) in [4.78, 5) is 2.53. The molecule has 1 heterocycles. The van der Waals surface area contributed by atoms with Gasteiger partial charge in [0.2, 0.25) is 0 Å². The zero-order valence-corrected chi connectivity index (χ0v) is 11.3. The fraction of sp³-hybridized carbons (Fsp3) is 0.625. The van der Waals surface area contributed by atoms with E-state index in [0.717, 1.165) is 30.9 Å². The van der Waals surface area contributed by atoms with Crippen molar-refractivity contribution in [2.45, 2.75) is 51.3 Å². The maximum atomic E-state index is 10.6. The number of aliphatic hydroxyl groups is 1. The molecule has 0 saturated carbocycles. The number of fused-ring (bicyclic) bond motifs is 1. The van der Waals surface area contributed by atoms with Crippen molar-refractivity contribution in [2.75, 3.05) is 6.54 Å². The Hall–Kier alpha value is -0.860. The third kappa shape index (κ3) is 1.98. The lowest BCUT2D eigenvalue weighted by Gasteiger charge is -2.38. The highest BCUT2D eigenvalue weighted by atomic mass is 16.3. The molecule has 3 rings (SSSR count). The lowest BCUT2D eigenvalue weighted by atomic mass is 9.85. The van der Waals surface area contributed by atoms with E-state index in [9.17, 15) is 5.11 Å². The molecule has 2 heteroatoms. The second kappa shape index (κ2) is 4.67. The van der Waals surface area contributed by atoms with Gasteiger partial charge >= 0.3 is 0 Å². The van der Waals surface area contributed by atoms with Crippen molar-refractivity contribution in [3.8, 4) is 0 Å². The number of hydrogen-bond acceptors (Lipinski definition) is 2. The van der Waals surface area contributed by atoms with Gasteiger partial charge in [0.05, 0.1) is 6.10 Å². The Bertz CT molecular complexity index is 431. The van der Waals surface area contributed by atoms with E-state index >= 15 is 0 Å². The zero-order chi connectivity index (χ0) is 12.7. The lowest BCUT2D eigenvalue weighted by molar-refractivity contribution is 0.0312. The van der Waals surface area contributed by atoms with Crippen LogP contribution in [0.15, 0.2) is 24.3 Å². The molecule has 4 unspecified atom stereocenters. The van der Waals surface area contributed by atoms with Crippen LogP contribution in [-0.2, 0) is 6.42 Å². The minimum atomic E-state index is -0.303. The van der Waals surface area contributed by atoms with Crippen molar-refractivity contribution in [1.82, 2.24) is 4.90 Å². The van der Waals surface area contributed by atoms with Crippen molar-refractivity contribution < 1.29 is 5.11 Å². The molecule has 18 heavy (non-hydrogen) atoms. The van der Waals surface area contributed by atoms with E-state index in [1.54, 1.807) is 0 Å². The molecule has 4 atom stereocenters. The molecule has 0 amide bonds. The first kappa shape index (κ1) is 12.2. The molecule has 1 aliphatic carbocycles. The smallest absolute Gasteiger partial charge is 0.0948 e. The van der Waals surface area contributed by atoms with Crippen molar-refractivity contribution in [1.29, 1.82) is 0 Å². The molecule has 0 bridgehead atoms. The zero-order valence-electron chi connectivity index (χ0n) is 11.3. The summed E-state index contributed by atoms with van der Waals surface area (Å²) in [5, 5.41) is 10.6. The van der Waals surface area contributed by atoms with Crippen LogP contribution in [0.25, 0.3) is 0 Å². The molecular weight excluding hydrogens is 222 g/mol. The molecule has 1 saturated heterocycles. The number of benzene rings is 1. The van der Waals surface area contributed by atoms with Crippen LogP contribution < -0.4 is 0 Å². The van der Waals surface area contributed by atoms with Crippen LogP contribution in [0.3, 0.4) is 0 Å². The molecule has 1 fully saturated rings. The molecule has 98 valence electrons. The topological polar surface area (TPSA) is 23.5 Å². The fourth-order valence-electron chi connectivity index (χ4n) is 3.86. The number of aryl methyl sites for hydroxylation is 1. The van der Waals surface area contributed by atoms with Crippen LogP contribution in [0.4, 0.5) is 0 Å². The number of nitrogens with zero attached hydrogens (tertiary/aromatic N) is 1. The molecular formula is C16H23NO. The highest BCUT2D eigenvalue weighted by Crippen LogP contribution is 2.37. The molecule has 2 nitrogen and oxygen atoms in total. The van der Waals surface area contributed by atoms with Crippen molar-refractivity contribution in [3.05, 3.63) is 35.4 Å². The molecule has 0 radical (unpaired) electrons. The molecule has 1 aromatic rings. The van der Waals surface area contributed by atoms with Crippen molar-refractivity contribution in [3.63, 3.8) is 0 Å². The first-order valence-electron chi connectivity index (χ1n) is 7.18. The van der Waals surface area contributed by atoms with E-state index in [2.05, 4.69) is 36.9 Å². The first-order chi connectivity index (χ1) is 8.66. The van der Waals surface area contributed by atoms with Gasteiger partial charge in [0.1, 0.15) is 0 Å². The summed E-state index contributed by atoms with van der Waals surface area (Å²) in [6.45, 7) is 5.77. The fourth-order valence-corrected chi connectivity index (χ4v) is 3.86. The normalized spacial score (nSPS) is 36.6. The van der Waals surface area contributed by atoms with Gasteiger partial charge in [-0.1, -0.05) is 31.2 Å². The summed E-state index contributed by atoms with van der Waals surface area (Å²) in [6, 6.07) is 9.30. The molecule has 1 aliphatic heterocycles. The number of aliphatic hydroxyl groups excluding tert-OH is 1. The summed E-state index contributed by atoms with van der Waals surface area (Å²) < 4.78 is 0. The Morgan fingerprint density at radius 2 is 2.00 bits per heavy atom. The van der Waals surface area contributed by atoms with E-state index in [4.69, 9.17) is 0 Å². The Labute approximate surface area is 110 Å². The van der Waals surface area contributed by atoms with Gasteiger partial charge in [0.15, 0.2) is 0 Å². The van der Waals surface area contributed by atoms with Gasteiger partial charge in [-0.2, -0.15) is 0 Å². The average Bonchev–Trinajstić information content (AvgIpc) is 2.69. The van der Waals surface area contributed by atoms with Gasteiger partial charge in [-0.15, -0.1) is 0 Å². The summed E-state index contributed by atoms with van der Waals surface area (Å²) >= 11 is 0. The largest absolute Gasteiger partial charge is 0.387 e. The summed E-state index contributed by atoms with van der Waals surface area (Å²) in [5.74, 6) is 0.768. The summed E-state index contributed by atoms with van der Waals surface area (Å²) in [5.41, 5.74) is 2.49. The minimum absolute atomic E-state index is 0.303.